The van der Waals surface area contributed by atoms with Crippen molar-refractivity contribution in [3.05, 3.63) is 34.3 Å². The third kappa shape index (κ3) is 2.72. The predicted octanol–water partition coefficient (Wildman–Crippen LogP) is 2.88. The minimum Gasteiger partial charge on any atom is -0.389 e. The summed E-state index contributed by atoms with van der Waals surface area (Å²) in [6, 6.07) is 4.85. The van der Waals surface area contributed by atoms with E-state index in [-0.39, 0.29) is 22.4 Å². The van der Waals surface area contributed by atoms with Crippen molar-refractivity contribution in [2.45, 2.75) is 31.8 Å². The Balaban J connectivity index is 1.79. The van der Waals surface area contributed by atoms with Gasteiger partial charge < -0.3 is 9.84 Å². The van der Waals surface area contributed by atoms with Crippen LogP contribution in [-0.4, -0.2) is 17.0 Å². The van der Waals surface area contributed by atoms with Gasteiger partial charge in [-0.3, -0.25) is 4.79 Å². The van der Waals surface area contributed by atoms with E-state index in [1.807, 2.05) is 0 Å². The van der Waals surface area contributed by atoms with E-state index < -0.39 is 18.0 Å². The van der Waals surface area contributed by atoms with Crippen LogP contribution in [0.1, 0.15) is 47.7 Å². The number of aliphatic hydroxyl groups excluding tert-OH is 1. The lowest BCUT2D eigenvalue weighted by atomic mass is 10.0. The summed E-state index contributed by atoms with van der Waals surface area (Å²) >= 11 is 6.18. The molecule has 0 heterocycles. The number of benzene rings is 1. The molecule has 0 spiro atoms. The molecule has 2 aliphatic rings. The van der Waals surface area contributed by atoms with Gasteiger partial charge >= 0.3 is 11.9 Å². The van der Waals surface area contributed by atoms with Crippen molar-refractivity contribution in [3.8, 4) is 0 Å². The predicted molar refractivity (Wildman–Crippen MR) is 72.3 cm³/mol. The Bertz CT molecular complexity index is 561. The molecule has 0 amide bonds. The second kappa shape index (κ2) is 5.19. The van der Waals surface area contributed by atoms with E-state index >= 15 is 0 Å². The van der Waals surface area contributed by atoms with E-state index in [9.17, 15) is 14.7 Å². The van der Waals surface area contributed by atoms with Crippen molar-refractivity contribution in [2.24, 2.45) is 11.8 Å². The van der Waals surface area contributed by atoms with Crippen LogP contribution in [0.3, 0.4) is 0 Å². The van der Waals surface area contributed by atoms with Crippen molar-refractivity contribution in [3.63, 3.8) is 0 Å². The van der Waals surface area contributed by atoms with Crippen LogP contribution in [0.5, 0.6) is 0 Å². The minimum absolute atomic E-state index is 0.137. The largest absolute Gasteiger partial charge is 0.389 e. The van der Waals surface area contributed by atoms with Gasteiger partial charge in [0.05, 0.1) is 22.6 Å². The fraction of sp³-hybridized carbons (Fsp3) is 0.467. The molecule has 0 aromatic heterocycles. The SMILES string of the molecule is O=C(OC(=O)C1CC1)c1cccc(C(O)C2CC2)c1Cl. The van der Waals surface area contributed by atoms with Crippen LogP contribution in [0, 0.1) is 11.8 Å². The normalized spacial score (nSPS) is 19.5. The average Bonchev–Trinajstić information content (AvgIpc) is 3.31. The first-order chi connectivity index (χ1) is 9.58. The molecule has 5 heteroatoms. The van der Waals surface area contributed by atoms with Crippen LogP contribution >= 0.6 is 11.6 Å². The van der Waals surface area contributed by atoms with Gasteiger partial charge in [0.25, 0.3) is 0 Å². The summed E-state index contributed by atoms with van der Waals surface area (Å²) in [6.45, 7) is 0. The van der Waals surface area contributed by atoms with E-state index in [2.05, 4.69) is 0 Å². The molecule has 2 aliphatic carbocycles. The molecular weight excluding hydrogens is 280 g/mol. The standard InChI is InChI=1S/C15H15ClO4/c16-12-10(13(17)8-4-5-8)2-1-3-11(12)15(19)20-14(18)9-6-7-9/h1-3,8-9,13,17H,4-7H2. The Morgan fingerprint density at radius 1 is 1.25 bits per heavy atom. The van der Waals surface area contributed by atoms with Gasteiger partial charge in [-0.25, -0.2) is 4.79 Å². The number of carbonyl (C=O) groups is 2. The molecule has 1 N–H and O–H groups in total. The summed E-state index contributed by atoms with van der Waals surface area (Å²) in [6.07, 6.45) is 2.83. The van der Waals surface area contributed by atoms with Gasteiger partial charge in [-0.1, -0.05) is 23.7 Å². The van der Waals surface area contributed by atoms with Gasteiger partial charge in [-0.2, -0.15) is 0 Å². The molecule has 0 saturated heterocycles. The van der Waals surface area contributed by atoms with Crippen LogP contribution in [0.2, 0.25) is 5.02 Å². The molecule has 0 radical (unpaired) electrons. The van der Waals surface area contributed by atoms with Gasteiger partial charge in [-0.15, -0.1) is 0 Å². The molecule has 1 aromatic carbocycles. The van der Waals surface area contributed by atoms with Crippen molar-refractivity contribution in [1.82, 2.24) is 0 Å². The van der Waals surface area contributed by atoms with Crippen LogP contribution < -0.4 is 0 Å². The van der Waals surface area contributed by atoms with Gasteiger partial charge in [0, 0.05) is 5.56 Å². The highest BCUT2D eigenvalue weighted by Gasteiger charge is 2.35. The second-order valence-corrected chi connectivity index (χ2v) is 5.85. The quantitative estimate of drug-likeness (QED) is 0.685. The molecule has 0 bridgehead atoms. The van der Waals surface area contributed by atoms with Crippen molar-refractivity contribution < 1.29 is 19.4 Å². The fourth-order valence-electron chi connectivity index (χ4n) is 2.15. The fourth-order valence-corrected chi connectivity index (χ4v) is 2.47. The zero-order valence-corrected chi connectivity index (χ0v) is 11.6. The van der Waals surface area contributed by atoms with Crippen LogP contribution in [0.25, 0.3) is 0 Å². The number of rotatable bonds is 4. The molecule has 0 aliphatic heterocycles. The zero-order chi connectivity index (χ0) is 14.3. The molecule has 2 fully saturated rings. The molecule has 1 atom stereocenters. The molecular formula is C15H15ClO4. The number of carbonyl (C=O) groups excluding carboxylic acids is 2. The number of hydrogen-bond acceptors (Lipinski definition) is 4. The molecule has 106 valence electrons. The molecule has 1 aromatic rings. The molecule has 3 rings (SSSR count). The number of halogens is 1. The smallest absolute Gasteiger partial charge is 0.347 e. The highest BCUT2D eigenvalue weighted by atomic mass is 35.5. The summed E-state index contributed by atoms with van der Waals surface area (Å²) in [7, 11) is 0. The summed E-state index contributed by atoms with van der Waals surface area (Å²) in [5.41, 5.74) is 0.667. The van der Waals surface area contributed by atoms with Crippen LogP contribution in [-0.2, 0) is 9.53 Å². The Hall–Kier alpha value is -1.39. The van der Waals surface area contributed by atoms with E-state index in [0.717, 1.165) is 25.7 Å². The summed E-state index contributed by atoms with van der Waals surface area (Å²) in [5.74, 6) is -1.15. The Kier molecular flexibility index (Phi) is 3.52. The van der Waals surface area contributed by atoms with Crippen LogP contribution in [0.4, 0.5) is 0 Å². The third-order valence-corrected chi connectivity index (χ3v) is 4.16. The van der Waals surface area contributed by atoms with E-state index in [1.54, 1.807) is 12.1 Å². The van der Waals surface area contributed by atoms with Gasteiger partial charge in [-0.05, 0) is 37.7 Å². The van der Waals surface area contributed by atoms with Crippen LogP contribution in [0.15, 0.2) is 18.2 Å². The lowest BCUT2D eigenvalue weighted by Gasteiger charge is -2.13. The maximum atomic E-state index is 12.0. The van der Waals surface area contributed by atoms with E-state index in [1.165, 1.54) is 6.07 Å². The molecule has 4 nitrogen and oxygen atoms in total. The second-order valence-electron chi connectivity index (χ2n) is 5.47. The Labute approximate surface area is 121 Å². The number of hydrogen-bond donors (Lipinski definition) is 1. The van der Waals surface area contributed by atoms with Crippen molar-refractivity contribution in [2.75, 3.05) is 0 Å². The lowest BCUT2D eigenvalue weighted by Crippen LogP contribution is -2.15. The Morgan fingerprint density at radius 3 is 2.55 bits per heavy atom. The third-order valence-electron chi connectivity index (χ3n) is 3.74. The van der Waals surface area contributed by atoms with Gasteiger partial charge in [0.2, 0.25) is 0 Å². The van der Waals surface area contributed by atoms with Gasteiger partial charge in [0.15, 0.2) is 0 Å². The highest BCUT2D eigenvalue weighted by Crippen LogP contribution is 2.43. The highest BCUT2D eigenvalue weighted by molar-refractivity contribution is 6.34. The first-order valence-electron chi connectivity index (χ1n) is 6.80. The first-order valence-corrected chi connectivity index (χ1v) is 7.18. The minimum atomic E-state index is -0.739. The lowest BCUT2D eigenvalue weighted by molar-refractivity contribution is -0.139. The molecule has 2 saturated carbocycles. The average molecular weight is 295 g/mol. The van der Waals surface area contributed by atoms with E-state index in [0.29, 0.717) is 5.56 Å². The number of aliphatic hydroxyl groups is 1. The van der Waals surface area contributed by atoms with Gasteiger partial charge in [0.1, 0.15) is 0 Å². The van der Waals surface area contributed by atoms with Crippen molar-refractivity contribution >= 4 is 23.5 Å². The maximum Gasteiger partial charge on any atom is 0.347 e. The Morgan fingerprint density at radius 2 is 1.95 bits per heavy atom. The zero-order valence-electron chi connectivity index (χ0n) is 10.8. The number of esters is 2. The summed E-state index contributed by atoms with van der Waals surface area (Å²) < 4.78 is 4.81. The monoisotopic (exact) mass is 294 g/mol. The number of ether oxygens (including phenoxy) is 1. The van der Waals surface area contributed by atoms with Crippen molar-refractivity contribution in [1.29, 1.82) is 0 Å². The summed E-state index contributed by atoms with van der Waals surface area (Å²) in [5, 5.41) is 10.3. The molecule has 20 heavy (non-hydrogen) atoms. The van der Waals surface area contributed by atoms with E-state index in [4.69, 9.17) is 16.3 Å². The first kappa shape index (κ1) is 13.6. The summed E-state index contributed by atoms with van der Waals surface area (Å²) in [4.78, 5) is 23.5. The molecule has 1 unspecified atom stereocenters. The topological polar surface area (TPSA) is 63.6 Å². The maximum absolute atomic E-state index is 12.0.